The molecule has 0 bridgehead atoms. The molecule has 6 heteroatoms. The number of rotatable bonds is 6. The summed E-state index contributed by atoms with van der Waals surface area (Å²) in [7, 11) is 0. The van der Waals surface area contributed by atoms with Crippen LogP contribution in [0.1, 0.15) is 50.4 Å². The number of aromatic carboxylic acids is 1. The Hall–Kier alpha value is -3.57. The van der Waals surface area contributed by atoms with Crippen molar-refractivity contribution >= 4 is 34.4 Å². The highest BCUT2D eigenvalue weighted by molar-refractivity contribution is 6.30. The van der Waals surface area contributed by atoms with Gasteiger partial charge in [0.05, 0.1) is 11.6 Å². The lowest BCUT2D eigenvalue weighted by Gasteiger charge is -2.15. The van der Waals surface area contributed by atoms with E-state index in [2.05, 4.69) is 10.3 Å². The first kappa shape index (κ1) is 20.7. The Balaban J connectivity index is 1.60. The number of amides is 1. The molecule has 0 aliphatic carbocycles. The van der Waals surface area contributed by atoms with Gasteiger partial charge in [0.2, 0.25) is 0 Å². The van der Waals surface area contributed by atoms with Gasteiger partial charge >= 0.3 is 5.97 Å². The lowest BCUT2D eigenvalue weighted by atomic mass is 9.99. The standard InChI is InChI=1S/C25H21ClN2O3/c1-15(17-8-10-18(11-9-17)25(30)31)28-24(29)21-6-3-7-22-23(21)19(14-27-22)12-16-4-2-5-20(26)13-16/h2-11,13-15,27H,12H2,1H3,(H,28,29)(H,30,31). The van der Waals surface area contributed by atoms with Crippen molar-refractivity contribution in [3.05, 3.63) is 106 Å². The monoisotopic (exact) mass is 432 g/mol. The van der Waals surface area contributed by atoms with Crippen LogP contribution in [0.2, 0.25) is 5.02 Å². The summed E-state index contributed by atoms with van der Waals surface area (Å²) in [5.41, 5.74) is 4.61. The summed E-state index contributed by atoms with van der Waals surface area (Å²) >= 11 is 6.12. The Labute approximate surface area is 184 Å². The molecule has 0 aliphatic rings. The topological polar surface area (TPSA) is 82.2 Å². The van der Waals surface area contributed by atoms with Crippen molar-refractivity contribution in [2.75, 3.05) is 0 Å². The number of carbonyl (C=O) groups is 2. The Bertz CT molecular complexity index is 1260. The molecule has 1 aromatic heterocycles. The highest BCUT2D eigenvalue weighted by Crippen LogP contribution is 2.26. The molecule has 5 nitrogen and oxygen atoms in total. The van der Waals surface area contributed by atoms with Gasteiger partial charge in [-0.15, -0.1) is 0 Å². The van der Waals surface area contributed by atoms with Crippen molar-refractivity contribution in [2.45, 2.75) is 19.4 Å². The Morgan fingerprint density at radius 1 is 1.06 bits per heavy atom. The molecule has 4 aromatic rings. The van der Waals surface area contributed by atoms with E-state index >= 15 is 0 Å². The minimum absolute atomic E-state index is 0.188. The molecule has 3 N–H and O–H groups in total. The predicted octanol–water partition coefficient (Wildman–Crippen LogP) is 5.60. The van der Waals surface area contributed by atoms with E-state index in [1.165, 1.54) is 12.1 Å². The van der Waals surface area contributed by atoms with Gasteiger partial charge in [0, 0.05) is 27.7 Å². The van der Waals surface area contributed by atoms with E-state index in [0.29, 0.717) is 17.0 Å². The maximum Gasteiger partial charge on any atom is 0.335 e. The lowest BCUT2D eigenvalue weighted by molar-refractivity contribution is 0.0696. The SMILES string of the molecule is CC(NC(=O)c1cccc2[nH]cc(Cc3cccc(Cl)c3)c12)c1ccc(C(=O)O)cc1. The van der Waals surface area contributed by atoms with Crippen LogP contribution in [-0.2, 0) is 6.42 Å². The van der Waals surface area contributed by atoms with Crippen molar-refractivity contribution in [2.24, 2.45) is 0 Å². The molecule has 1 unspecified atom stereocenters. The van der Waals surface area contributed by atoms with Crippen molar-refractivity contribution in [1.82, 2.24) is 10.3 Å². The van der Waals surface area contributed by atoms with E-state index in [4.69, 9.17) is 16.7 Å². The van der Waals surface area contributed by atoms with Gasteiger partial charge in [-0.05, 0) is 66.4 Å². The Morgan fingerprint density at radius 3 is 2.52 bits per heavy atom. The van der Waals surface area contributed by atoms with Gasteiger partial charge in [-0.1, -0.05) is 41.9 Å². The Kier molecular flexibility index (Phi) is 5.78. The van der Waals surface area contributed by atoms with Crippen LogP contribution in [0.25, 0.3) is 10.9 Å². The summed E-state index contributed by atoms with van der Waals surface area (Å²) in [4.78, 5) is 27.4. The summed E-state index contributed by atoms with van der Waals surface area (Å²) in [5, 5.41) is 13.6. The molecule has 3 aromatic carbocycles. The van der Waals surface area contributed by atoms with Gasteiger partial charge in [-0.3, -0.25) is 4.79 Å². The summed E-state index contributed by atoms with van der Waals surface area (Å²) < 4.78 is 0. The fourth-order valence-corrected chi connectivity index (χ4v) is 3.94. The third kappa shape index (κ3) is 4.47. The number of halogens is 1. The van der Waals surface area contributed by atoms with E-state index < -0.39 is 5.97 Å². The number of hydrogen-bond acceptors (Lipinski definition) is 2. The molecule has 0 aliphatic heterocycles. The molecular weight excluding hydrogens is 412 g/mol. The van der Waals surface area contributed by atoms with Gasteiger partial charge in [0.1, 0.15) is 0 Å². The number of carbonyl (C=O) groups excluding carboxylic acids is 1. The molecule has 1 heterocycles. The summed E-state index contributed by atoms with van der Waals surface area (Å²) in [5.74, 6) is -1.16. The Morgan fingerprint density at radius 2 is 1.81 bits per heavy atom. The molecule has 0 fully saturated rings. The van der Waals surface area contributed by atoms with Crippen molar-refractivity contribution in [3.8, 4) is 0 Å². The van der Waals surface area contributed by atoms with Crippen LogP contribution in [0.4, 0.5) is 0 Å². The number of hydrogen-bond donors (Lipinski definition) is 3. The number of aromatic amines is 1. The summed E-state index contributed by atoms with van der Waals surface area (Å²) in [6, 6.07) is 19.5. The predicted molar refractivity (Wildman–Crippen MR) is 122 cm³/mol. The number of carboxylic acids is 1. The maximum atomic E-state index is 13.1. The van der Waals surface area contributed by atoms with E-state index in [9.17, 15) is 9.59 Å². The van der Waals surface area contributed by atoms with Gasteiger partial charge < -0.3 is 15.4 Å². The van der Waals surface area contributed by atoms with E-state index in [1.54, 1.807) is 12.1 Å². The molecule has 0 saturated carbocycles. The molecule has 0 spiro atoms. The van der Waals surface area contributed by atoms with Gasteiger partial charge in [0.25, 0.3) is 5.91 Å². The molecule has 0 radical (unpaired) electrons. The molecule has 4 rings (SSSR count). The van der Waals surface area contributed by atoms with Crippen LogP contribution in [-0.4, -0.2) is 22.0 Å². The minimum Gasteiger partial charge on any atom is -0.478 e. The fourth-order valence-electron chi connectivity index (χ4n) is 3.72. The molecular formula is C25H21ClN2O3. The largest absolute Gasteiger partial charge is 0.478 e. The van der Waals surface area contributed by atoms with Gasteiger partial charge in [-0.25, -0.2) is 4.79 Å². The third-order valence-electron chi connectivity index (χ3n) is 5.32. The number of carboxylic acid groups (broad SMARTS) is 1. The number of aromatic nitrogens is 1. The zero-order valence-corrected chi connectivity index (χ0v) is 17.6. The van der Waals surface area contributed by atoms with Gasteiger partial charge in [-0.2, -0.15) is 0 Å². The van der Waals surface area contributed by atoms with Gasteiger partial charge in [0.15, 0.2) is 0 Å². The second-order valence-electron chi connectivity index (χ2n) is 7.47. The first-order valence-corrected chi connectivity index (χ1v) is 10.3. The zero-order chi connectivity index (χ0) is 22.0. The van der Waals surface area contributed by atoms with E-state index in [-0.39, 0.29) is 17.5 Å². The first-order chi connectivity index (χ1) is 14.9. The maximum absolute atomic E-state index is 13.1. The quantitative estimate of drug-likeness (QED) is 0.371. The van der Waals surface area contributed by atoms with Crippen molar-refractivity contribution in [3.63, 3.8) is 0 Å². The average Bonchev–Trinajstić information content (AvgIpc) is 3.16. The summed E-state index contributed by atoms with van der Waals surface area (Å²) in [6.45, 7) is 1.87. The van der Waals surface area contributed by atoms with Crippen LogP contribution >= 0.6 is 11.6 Å². The second-order valence-corrected chi connectivity index (χ2v) is 7.91. The van der Waals surface area contributed by atoms with Crippen LogP contribution in [0.5, 0.6) is 0 Å². The lowest BCUT2D eigenvalue weighted by Crippen LogP contribution is -2.27. The van der Waals surface area contributed by atoms with Crippen LogP contribution in [0.3, 0.4) is 0 Å². The smallest absolute Gasteiger partial charge is 0.335 e. The summed E-state index contributed by atoms with van der Waals surface area (Å²) in [6.07, 6.45) is 2.58. The number of fused-ring (bicyclic) bond motifs is 1. The normalized spacial score (nSPS) is 11.9. The number of H-pyrrole nitrogens is 1. The van der Waals surface area contributed by atoms with Crippen LogP contribution < -0.4 is 5.32 Å². The fraction of sp³-hybridized carbons (Fsp3) is 0.120. The molecule has 156 valence electrons. The van der Waals surface area contributed by atoms with E-state index in [0.717, 1.165) is 27.6 Å². The highest BCUT2D eigenvalue weighted by Gasteiger charge is 2.17. The molecule has 0 saturated heterocycles. The molecule has 1 amide bonds. The minimum atomic E-state index is -0.977. The highest BCUT2D eigenvalue weighted by atomic mass is 35.5. The molecule has 31 heavy (non-hydrogen) atoms. The number of benzene rings is 3. The number of nitrogens with one attached hydrogen (secondary N) is 2. The first-order valence-electron chi connectivity index (χ1n) is 9.90. The van der Waals surface area contributed by atoms with Crippen molar-refractivity contribution in [1.29, 1.82) is 0 Å². The second kappa shape index (κ2) is 8.66. The van der Waals surface area contributed by atoms with Crippen molar-refractivity contribution < 1.29 is 14.7 Å². The van der Waals surface area contributed by atoms with Crippen LogP contribution in [0.15, 0.2) is 72.9 Å². The average molecular weight is 433 g/mol. The van der Waals surface area contributed by atoms with Crippen LogP contribution in [0, 0.1) is 0 Å². The zero-order valence-electron chi connectivity index (χ0n) is 16.9. The van der Waals surface area contributed by atoms with E-state index in [1.807, 2.05) is 55.6 Å². The molecule has 1 atom stereocenters. The third-order valence-corrected chi connectivity index (χ3v) is 5.56.